The van der Waals surface area contributed by atoms with Gasteiger partial charge in [-0.3, -0.25) is 4.79 Å². The molecule has 0 atom stereocenters. The highest BCUT2D eigenvalue weighted by atomic mass is 16.1. The van der Waals surface area contributed by atoms with E-state index in [4.69, 9.17) is 0 Å². The van der Waals surface area contributed by atoms with Crippen molar-refractivity contribution < 1.29 is 4.79 Å². The van der Waals surface area contributed by atoms with Crippen LogP contribution in [0.5, 0.6) is 0 Å². The first kappa shape index (κ1) is 15.7. The molecular weight excluding hydrogens is 300 g/mol. The van der Waals surface area contributed by atoms with Crippen LogP contribution in [0.3, 0.4) is 0 Å². The first-order chi connectivity index (χ1) is 11.6. The molecule has 0 aliphatic rings. The molecule has 0 aliphatic carbocycles. The number of aryl methyl sites for hydroxylation is 2. The van der Waals surface area contributed by atoms with Gasteiger partial charge in [0.2, 0.25) is 0 Å². The number of para-hydroxylation sites is 1. The number of hydrogen-bond acceptors (Lipinski definition) is 4. The molecule has 120 valence electrons. The molecule has 2 aromatic carbocycles. The lowest BCUT2D eigenvalue weighted by Gasteiger charge is -2.09. The maximum absolute atomic E-state index is 12.5. The van der Waals surface area contributed by atoms with Crippen molar-refractivity contribution in [2.45, 2.75) is 13.8 Å². The fourth-order valence-corrected chi connectivity index (χ4v) is 2.34. The van der Waals surface area contributed by atoms with Gasteiger partial charge in [-0.25, -0.2) is 9.97 Å². The molecule has 3 aromatic rings. The molecule has 0 aliphatic heterocycles. The fourth-order valence-electron chi connectivity index (χ4n) is 2.34. The Bertz CT molecular complexity index is 862. The monoisotopic (exact) mass is 318 g/mol. The summed E-state index contributed by atoms with van der Waals surface area (Å²) in [6, 6.07) is 19.0. The van der Waals surface area contributed by atoms with Crippen LogP contribution < -0.4 is 10.6 Å². The van der Waals surface area contributed by atoms with Crippen LogP contribution in [0.2, 0.25) is 0 Å². The summed E-state index contributed by atoms with van der Waals surface area (Å²) in [7, 11) is 0. The maximum Gasteiger partial charge on any atom is 0.274 e. The smallest absolute Gasteiger partial charge is 0.274 e. The van der Waals surface area contributed by atoms with Gasteiger partial charge in [-0.15, -0.1) is 0 Å². The zero-order chi connectivity index (χ0) is 16.9. The standard InChI is InChI=1S/C19H18N4O/c1-13-7-6-10-16(11-13)23-19(24)17-12-18(21-14(2)20-17)22-15-8-4-3-5-9-15/h3-12H,1-2H3,(H,23,24)(H,20,21,22). The van der Waals surface area contributed by atoms with Crippen LogP contribution in [-0.2, 0) is 0 Å². The summed E-state index contributed by atoms with van der Waals surface area (Å²) >= 11 is 0. The Kier molecular flexibility index (Phi) is 4.52. The molecule has 0 unspecified atom stereocenters. The summed E-state index contributed by atoms with van der Waals surface area (Å²) in [6.07, 6.45) is 0. The zero-order valence-electron chi connectivity index (χ0n) is 13.6. The van der Waals surface area contributed by atoms with E-state index >= 15 is 0 Å². The predicted octanol–water partition coefficient (Wildman–Crippen LogP) is 4.09. The third-order valence-corrected chi connectivity index (χ3v) is 3.39. The largest absolute Gasteiger partial charge is 0.340 e. The molecule has 1 heterocycles. The SMILES string of the molecule is Cc1cccc(NC(=O)c2cc(Nc3ccccc3)nc(C)n2)c1. The summed E-state index contributed by atoms with van der Waals surface area (Å²) in [6.45, 7) is 3.74. The van der Waals surface area contributed by atoms with Crippen LogP contribution >= 0.6 is 0 Å². The molecule has 5 heteroatoms. The highest BCUT2D eigenvalue weighted by Crippen LogP contribution is 2.16. The number of anilines is 3. The zero-order valence-corrected chi connectivity index (χ0v) is 13.6. The van der Waals surface area contributed by atoms with E-state index in [9.17, 15) is 4.79 Å². The molecule has 0 saturated heterocycles. The first-order valence-electron chi connectivity index (χ1n) is 7.66. The summed E-state index contributed by atoms with van der Waals surface area (Å²) in [5.74, 6) is 0.857. The number of amides is 1. The van der Waals surface area contributed by atoms with Gasteiger partial charge in [0.25, 0.3) is 5.91 Å². The Morgan fingerprint density at radius 3 is 2.38 bits per heavy atom. The Labute approximate surface area is 140 Å². The number of nitrogens with zero attached hydrogens (tertiary/aromatic N) is 2. The van der Waals surface area contributed by atoms with Crippen LogP contribution in [0.4, 0.5) is 17.2 Å². The second kappa shape index (κ2) is 6.91. The Morgan fingerprint density at radius 1 is 0.875 bits per heavy atom. The van der Waals surface area contributed by atoms with Gasteiger partial charge in [-0.05, 0) is 43.7 Å². The van der Waals surface area contributed by atoms with E-state index in [1.165, 1.54) is 0 Å². The number of nitrogens with one attached hydrogen (secondary N) is 2. The summed E-state index contributed by atoms with van der Waals surface area (Å²) in [4.78, 5) is 21.0. The van der Waals surface area contributed by atoms with Gasteiger partial charge in [-0.1, -0.05) is 30.3 Å². The van der Waals surface area contributed by atoms with Crippen molar-refractivity contribution in [3.05, 3.63) is 77.7 Å². The molecule has 2 N–H and O–H groups in total. The highest BCUT2D eigenvalue weighted by Gasteiger charge is 2.11. The lowest BCUT2D eigenvalue weighted by molar-refractivity contribution is 0.102. The third kappa shape index (κ3) is 3.95. The minimum atomic E-state index is -0.262. The number of carbonyl (C=O) groups excluding carboxylic acids is 1. The lowest BCUT2D eigenvalue weighted by Crippen LogP contribution is -2.15. The second-order valence-corrected chi connectivity index (χ2v) is 5.50. The van der Waals surface area contributed by atoms with E-state index < -0.39 is 0 Å². The van der Waals surface area contributed by atoms with Gasteiger partial charge >= 0.3 is 0 Å². The minimum absolute atomic E-state index is 0.262. The maximum atomic E-state index is 12.5. The van der Waals surface area contributed by atoms with Gasteiger partial charge in [0.1, 0.15) is 17.3 Å². The van der Waals surface area contributed by atoms with Crippen molar-refractivity contribution in [3.8, 4) is 0 Å². The average molecular weight is 318 g/mol. The predicted molar refractivity (Wildman–Crippen MR) is 95.6 cm³/mol. The van der Waals surface area contributed by atoms with Crippen LogP contribution in [0.15, 0.2) is 60.7 Å². The topological polar surface area (TPSA) is 66.9 Å². The highest BCUT2D eigenvalue weighted by molar-refractivity contribution is 6.03. The van der Waals surface area contributed by atoms with Crippen molar-refractivity contribution in [1.82, 2.24) is 9.97 Å². The second-order valence-electron chi connectivity index (χ2n) is 5.50. The van der Waals surface area contributed by atoms with Crippen molar-refractivity contribution >= 4 is 23.1 Å². The van der Waals surface area contributed by atoms with Crippen LogP contribution in [0.1, 0.15) is 21.9 Å². The molecule has 1 aromatic heterocycles. The van der Waals surface area contributed by atoms with Crippen molar-refractivity contribution in [2.75, 3.05) is 10.6 Å². The molecule has 0 radical (unpaired) electrons. The normalized spacial score (nSPS) is 10.2. The van der Waals surface area contributed by atoms with E-state index in [-0.39, 0.29) is 5.91 Å². The molecule has 1 amide bonds. The summed E-state index contributed by atoms with van der Waals surface area (Å²) in [5.41, 5.74) is 3.05. The Hall–Kier alpha value is -3.21. The molecular formula is C19H18N4O. The van der Waals surface area contributed by atoms with Crippen molar-refractivity contribution in [1.29, 1.82) is 0 Å². The fraction of sp³-hybridized carbons (Fsp3) is 0.105. The number of hydrogen-bond donors (Lipinski definition) is 2. The van der Waals surface area contributed by atoms with E-state index in [1.807, 2.05) is 61.5 Å². The molecule has 0 fully saturated rings. The third-order valence-electron chi connectivity index (χ3n) is 3.39. The number of benzene rings is 2. The van der Waals surface area contributed by atoms with E-state index in [0.29, 0.717) is 17.3 Å². The molecule has 0 saturated carbocycles. The van der Waals surface area contributed by atoms with Gasteiger partial charge in [0.05, 0.1) is 0 Å². The number of aromatic nitrogens is 2. The number of rotatable bonds is 4. The van der Waals surface area contributed by atoms with Crippen LogP contribution in [0, 0.1) is 13.8 Å². The van der Waals surface area contributed by atoms with E-state index in [2.05, 4.69) is 20.6 Å². The molecule has 0 spiro atoms. The van der Waals surface area contributed by atoms with Crippen LogP contribution in [-0.4, -0.2) is 15.9 Å². The van der Waals surface area contributed by atoms with E-state index in [1.54, 1.807) is 13.0 Å². The van der Waals surface area contributed by atoms with Gasteiger partial charge < -0.3 is 10.6 Å². The van der Waals surface area contributed by atoms with Crippen molar-refractivity contribution in [3.63, 3.8) is 0 Å². The lowest BCUT2D eigenvalue weighted by atomic mass is 10.2. The minimum Gasteiger partial charge on any atom is -0.340 e. The Balaban J connectivity index is 1.81. The summed E-state index contributed by atoms with van der Waals surface area (Å²) < 4.78 is 0. The van der Waals surface area contributed by atoms with Crippen LogP contribution in [0.25, 0.3) is 0 Å². The average Bonchev–Trinajstić information content (AvgIpc) is 2.55. The molecule has 3 rings (SSSR count). The van der Waals surface area contributed by atoms with Gasteiger partial charge in [-0.2, -0.15) is 0 Å². The summed E-state index contributed by atoms with van der Waals surface area (Å²) in [5, 5.41) is 6.04. The van der Waals surface area contributed by atoms with Crippen molar-refractivity contribution in [2.24, 2.45) is 0 Å². The number of carbonyl (C=O) groups is 1. The molecule has 5 nitrogen and oxygen atoms in total. The van der Waals surface area contributed by atoms with Gasteiger partial charge in [0.15, 0.2) is 0 Å². The molecule has 24 heavy (non-hydrogen) atoms. The Morgan fingerprint density at radius 2 is 1.62 bits per heavy atom. The first-order valence-corrected chi connectivity index (χ1v) is 7.66. The van der Waals surface area contributed by atoms with E-state index in [0.717, 1.165) is 16.9 Å². The molecule has 0 bridgehead atoms. The quantitative estimate of drug-likeness (QED) is 0.760. The van der Waals surface area contributed by atoms with Gasteiger partial charge in [0, 0.05) is 17.4 Å².